The predicted molar refractivity (Wildman–Crippen MR) is 60.0 cm³/mol. The van der Waals surface area contributed by atoms with Crippen molar-refractivity contribution in [2.75, 3.05) is 19.8 Å². The maximum absolute atomic E-state index is 5.67. The lowest BCUT2D eigenvalue weighted by atomic mass is 10.1. The molecule has 0 saturated carbocycles. The van der Waals surface area contributed by atoms with Gasteiger partial charge in [-0.2, -0.15) is 0 Å². The van der Waals surface area contributed by atoms with Gasteiger partial charge in [0.25, 0.3) is 0 Å². The molecule has 0 atom stereocenters. The van der Waals surface area contributed by atoms with Gasteiger partial charge in [-0.1, -0.05) is 6.92 Å². The van der Waals surface area contributed by atoms with Crippen LogP contribution in [0.5, 0.6) is 5.75 Å². The molecule has 0 spiro atoms. The van der Waals surface area contributed by atoms with E-state index in [1.807, 2.05) is 13.1 Å². The van der Waals surface area contributed by atoms with Crippen LogP contribution >= 0.6 is 0 Å². The molecule has 1 fully saturated rings. The van der Waals surface area contributed by atoms with Gasteiger partial charge < -0.3 is 4.74 Å². The topological polar surface area (TPSA) is 25.4 Å². The molecule has 0 aromatic carbocycles. The van der Waals surface area contributed by atoms with Crippen LogP contribution in [0.1, 0.15) is 24.6 Å². The van der Waals surface area contributed by atoms with E-state index in [4.69, 9.17) is 4.74 Å². The van der Waals surface area contributed by atoms with Crippen LogP contribution in [0, 0.1) is 6.92 Å². The van der Waals surface area contributed by atoms with Gasteiger partial charge in [-0.25, -0.2) is 0 Å². The summed E-state index contributed by atoms with van der Waals surface area (Å²) >= 11 is 0. The number of pyridine rings is 1. The van der Waals surface area contributed by atoms with Crippen LogP contribution in [-0.2, 0) is 6.42 Å². The van der Waals surface area contributed by atoms with Crippen LogP contribution in [0.4, 0.5) is 0 Å². The standard InChI is InChI=1S/C12H18N2O/c1-3-11-7-12(8-13-10(11)2)15-9-14-5-4-6-14/h7-8H,3-6,9H2,1-2H3. The maximum Gasteiger partial charge on any atom is 0.142 e. The lowest BCUT2D eigenvalue weighted by Crippen LogP contribution is -2.39. The van der Waals surface area contributed by atoms with Gasteiger partial charge in [-0.15, -0.1) is 0 Å². The molecule has 1 aromatic heterocycles. The molecule has 15 heavy (non-hydrogen) atoms. The van der Waals surface area contributed by atoms with Crippen molar-refractivity contribution in [3.05, 3.63) is 23.5 Å². The van der Waals surface area contributed by atoms with Crippen molar-refractivity contribution in [2.45, 2.75) is 26.7 Å². The van der Waals surface area contributed by atoms with Crippen molar-refractivity contribution in [3.63, 3.8) is 0 Å². The van der Waals surface area contributed by atoms with Gasteiger partial charge in [-0.05, 0) is 31.4 Å². The molecule has 2 rings (SSSR count). The number of likely N-dealkylation sites (tertiary alicyclic amines) is 1. The maximum atomic E-state index is 5.67. The molecule has 1 aliphatic rings. The molecular weight excluding hydrogens is 188 g/mol. The first-order chi connectivity index (χ1) is 7.29. The Morgan fingerprint density at radius 3 is 2.87 bits per heavy atom. The molecule has 1 saturated heterocycles. The Morgan fingerprint density at radius 1 is 1.47 bits per heavy atom. The lowest BCUT2D eigenvalue weighted by Gasteiger charge is -2.30. The Morgan fingerprint density at radius 2 is 2.27 bits per heavy atom. The first-order valence-electron chi connectivity index (χ1n) is 5.60. The molecular formula is C12H18N2O. The average Bonchev–Trinajstić information content (AvgIpc) is 2.18. The van der Waals surface area contributed by atoms with Crippen LogP contribution in [0.25, 0.3) is 0 Å². The highest BCUT2D eigenvalue weighted by Crippen LogP contribution is 2.16. The third-order valence-corrected chi connectivity index (χ3v) is 2.91. The van der Waals surface area contributed by atoms with Crippen molar-refractivity contribution < 1.29 is 4.74 Å². The molecule has 0 N–H and O–H groups in total. The molecule has 82 valence electrons. The Balaban J connectivity index is 1.95. The third-order valence-electron chi connectivity index (χ3n) is 2.91. The highest BCUT2D eigenvalue weighted by atomic mass is 16.5. The summed E-state index contributed by atoms with van der Waals surface area (Å²) < 4.78 is 5.67. The third kappa shape index (κ3) is 2.48. The number of hydrogen-bond acceptors (Lipinski definition) is 3. The number of rotatable bonds is 4. The normalized spacial score (nSPS) is 16.1. The predicted octanol–water partition coefficient (Wildman–Crippen LogP) is 1.99. The van der Waals surface area contributed by atoms with Crippen molar-refractivity contribution in [3.8, 4) is 5.75 Å². The minimum absolute atomic E-state index is 0.702. The molecule has 0 bridgehead atoms. The van der Waals surface area contributed by atoms with E-state index in [1.54, 1.807) is 0 Å². The molecule has 1 aliphatic heterocycles. The Kier molecular flexibility index (Phi) is 3.21. The van der Waals surface area contributed by atoms with E-state index >= 15 is 0 Å². The summed E-state index contributed by atoms with van der Waals surface area (Å²) in [5.74, 6) is 0.893. The van der Waals surface area contributed by atoms with Gasteiger partial charge >= 0.3 is 0 Å². The first-order valence-corrected chi connectivity index (χ1v) is 5.60. The second kappa shape index (κ2) is 4.62. The van der Waals surface area contributed by atoms with Crippen LogP contribution in [0.2, 0.25) is 0 Å². The minimum Gasteiger partial charge on any atom is -0.477 e. The zero-order valence-electron chi connectivity index (χ0n) is 9.49. The molecule has 1 aromatic rings. The van der Waals surface area contributed by atoms with Gasteiger partial charge in [-0.3, -0.25) is 9.88 Å². The van der Waals surface area contributed by atoms with Gasteiger partial charge in [0, 0.05) is 18.8 Å². The fourth-order valence-electron chi connectivity index (χ4n) is 1.67. The summed E-state index contributed by atoms with van der Waals surface area (Å²) in [7, 11) is 0. The molecule has 3 nitrogen and oxygen atoms in total. The lowest BCUT2D eigenvalue weighted by molar-refractivity contribution is 0.0728. The monoisotopic (exact) mass is 206 g/mol. The molecule has 0 unspecified atom stereocenters. The number of ether oxygens (including phenoxy) is 1. The summed E-state index contributed by atoms with van der Waals surface area (Å²) in [6, 6.07) is 2.10. The summed E-state index contributed by atoms with van der Waals surface area (Å²) in [6.07, 6.45) is 4.13. The van der Waals surface area contributed by atoms with Crippen LogP contribution in [0.3, 0.4) is 0 Å². The van der Waals surface area contributed by atoms with E-state index in [0.717, 1.165) is 17.9 Å². The van der Waals surface area contributed by atoms with Gasteiger partial charge in [0.2, 0.25) is 0 Å². The largest absolute Gasteiger partial charge is 0.477 e. The van der Waals surface area contributed by atoms with Gasteiger partial charge in [0.05, 0.1) is 6.20 Å². The summed E-state index contributed by atoms with van der Waals surface area (Å²) in [5, 5.41) is 0. The number of aryl methyl sites for hydroxylation is 2. The average molecular weight is 206 g/mol. The summed E-state index contributed by atoms with van der Waals surface area (Å²) in [4.78, 5) is 6.61. The van der Waals surface area contributed by atoms with Gasteiger partial charge in [0.15, 0.2) is 0 Å². The summed E-state index contributed by atoms with van der Waals surface area (Å²) in [5.41, 5.74) is 2.38. The molecule has 0 amide bonds. The van der Waals surface area contributed by atoms with E-state index in [2.05, 4.69) is 22.9 Å². The number of aromatic nitrogens is 1. The minimum atomic E-state index is 0.702. The fraction of sp³-hybridized carbons (Fsp3) is 0.583. The van der Waals surface area contributed by atoms with E-state index < -0.39 is 0 Å². The molecule has 3 heteroatoms. The molecule has 0 radical (unpaired) electrons. The van der Waals surface area contributed by atoms with Crippen LogP contribution < -0.4 is 4.74 Å². The van der Waals surface area contributed by atoms with Crippen molar-refractivity contribution in [1.82, 2.24) is 9.88 Å². The highest BCUT2D eigenvalue weighted by Gasteiger charge is 2.13. The second-order valence-corrected chi connectivity index (χ2v) is 4.01. The zero-order valence-corrected chi connectivity index (χ0v) is 9.49. The van der Waals surface area contributed by atoms with Crippen LogP contribution in [0.15, 0.2) is 12.3 Å². The smallest absolute Gasteiger partial charge is 0.142 e. The van der Waals surface area contributed by atoms with Crippen molar-refractivity contribution in [2.24, 2.45) is 0 Å². The number of nitrogens with zero attached hydrogens (tertiary/aromatic N) is 2. The van der Waals surface area contributed by atoms with Crippen LogP contribution in [-0.4, -0.2) is 29.7 Å². The highest BCUT2D eigenvalue weighted by molar-refractivity contribution is 5.28. The van der Waals surface area contributed by atoms with Crippen molar-refractivity contribution in [1.29, 1.82) is 0 Å². The molecule has 0 aliphatic carbocycles. The number of hydrogen-bond donors (Lipinski definition) is 0. The SMILES string of the molecule is CCc1cc(OCN2CCC2)cnc1C. The van der Waals surface area contributed by atoms with E-state index in [-0.39, 0.29) is 0 Å². The van der Waals surface area contributed by atoms with Gasteiger partial charge in [0.1, 0.15) is 12.5 Å². The fourth-order valence-corrected chi connectivity index (χ4v) is 1.67. The van der Waals surface area contributed by atoms with Crippen molar-refractivity contribution >= 4 is 0 Å². The quantitative estimate of drug-likeness (QED) is 0.753. The van der Waals surface area contributed by atoms with E-state index in [0.29, 0.717) is 6.73 Å². The summed E-state index contributed by atoms with van der Waals surface area (Å²) in [6.45, 7) is 7.22. The Labute approximate surface area is 91.1 Å². The molecule has 2 heterocycles. The first kappa shape index (κ1) is 10.4. The second-order valence-electron chi connectivity index (χ2n) is 4.01. The zero-order chi connectivity index (χ0) is 10.7. The van der Waals surface area contributed by atoms with E-state index in [1.165, 1.54) is 25.1 Å². The Bertz CT molecular complexity index is 334. The Hall–Kier alpha value is -1.09. The van der Waals surface area contributed by atoms with E-state index in [9.17, 15) is 0 Å².